The largest absolute Gasteiger partial charge is 0.492 e. The van der Waals surface area contributed by atoms with E-state index in [1.165, 1.54) is 24.6 Å². The van der Waals surface area contributed by atoms with Crippen molar-refractivity contribution in [2.75, 3.05) is 59.7 Å². The number of carbonyl (C=O) groups excluding carboxylic acids is 5. The third-order valence-corrected chi connectivity index (χ3v) is 10.5. The van der Waals surface area contributed by atoms with E-state index in [1.807, 2.05) is 44.2 Å². The molecule has 4 aromatic rings. The third kappa shape index (κ3) is 14.8. The number of nitrogens with zero attached hydrogens (tertiary/aromatic N) is 3. The minimum atomic E-state index is -0.985. The standard InChI is InChI=1S/C47H64N10O7/c1-6-8-9-10-33-11-14-35(15-12-33)45-52-26-39(31(3)55-45)46(61)53-28-44(60)57(5)32(4)36-16-18-42(64-22-20-49)38(25-36)37-23-34(13-17-41(37)63-21-19-48)24-40(47(62)54-29-50-7-2)56-43(59)27-51-30-58/h11-18,23,25-26,30,32,40,50H,6-10,19-22,24,27-29,48-49H2,1-5H3,(H,51,58)(H,53,61)(H,54,62)(H,56,59). The molecule has 2 atom stereocenters. The second-order valence-corrected chi connectivity index (χ2v) is 15.2. The number of benzene rings is 3. The first-order valence-corrected chi connectivity index (χ1v) is 21.8. The van der Waals surface area contributed by atoms with Crippen molar-refractivity contribution in [2.24, 2.45) is 11.5 Å². The summed E-state index contributed by atoms with van der Waals surface area (Å²) in [6, 6.07) is 17.6. The van der Waals surface area contributed by atoms with E-state index in [2.05, 4.69) is 55.6 Å². The average molecular weight is 881 g/mol. The average Bonchev–Trinajstić information content (AvgIpc) is 3.30. The van der Waals surface area contributed by atoms with E-state index in [0.29, 0.717) is 52.7 Å². The summed E-state index contributed by atoms with van der Waals surface area (Å²) in [7, 11) is 1.66. The first kappa shape index (κ1) is 50.2. The predicted octanol–water partition coefficient (Wildman–Crippen LogP) is 2.93. The Morgan fingerprint density at radius 3 is 2.17 bits per heavy atom. The van der Waals surface area contributed by atoms with E-state index in [0.717, 1.165) is 24.0 Å². The number of amides is 5. The first-order chi connectivity index (χ1) is 30.9. The van der Waals surface area contributed by atoms with Crippen molar-refractivity contribution in [3.8, 4) is 34.0 Å². The van der Waals surface area contributed by atoms with Gasteiger partial charge in [-0.15, -0.1) is 0 Å². The molecule has 1 aromatic heterocycles. The number of ether oxygens (including phenoxy) is 2. The fourth-order valence-corrected chi connectivity index (χ4v) is 6.79. The monoisotopic (exact) mass is 880 g/mol. The number of rotatable bonds is 27. The normalized spacial score (nSPS) is 11.8. The van der Waals surface area contributed by atoms with Crippen molar-refractivity contribution in [3.63, 3.8) is 0 Å². The van der Waals surface area contributed by atoms with E-state index < -0.39 is 29.8 Å². The fraction of sp³-hybridized carbons (Fsp3) is 0.426. The predicted molar refractivity (Wildman–Crippen MR) is 246 cm³/mol. The smallest absolute Gasteiger partial charge is 0.255 e. The molecule has 17 nitrogen and oxygen atoms in total. The summed E-state index contributed by atoms with van der Waals surface area (Å²) >= 11 is 0. The summed E-state index contributed by atoms with van der Waals surface area (Å²) < 4.78 is 12.2. The molecule has 1 heterocycles. The van der Waals surface area contributed by atoms with Gasteiger partial charge in [0.25, 0.3) is 5.91 Å². The van der Waals surface area contributed by atoms with Crippen molar-refractivity contribution < 1.29 is 33.4 Å². The Balaban J connectivity index is 1.55. The van der Waals surface area contributed by atoms with Gasteiger partial charge >= 0.3 is 0 Å². The molecule has 0 aliphatic carbocycles. The Hall–Kier alpha value is -6.43. The lowest BCUT2D eigenvalue weighted by molar-refractivity contribution is -0.130. The highest BCUT2D eigenvalue weighted by molar-refractivity contribution is 5.97. The molecule has 0 aliphatic rings. The summed E-state index contributed by atoms with van der Waals surface area (Å²) in [6.45, 7) is 8.87. The molecule has 5 amide bonds. The van der Waals surface area contributed by atoms with E-state index in [-0.39, 0.29) is 64.0 Å². The van der Waals surface area contributed by atoms with Crippen molar-refractivity contribution in [3.05, 3.63) is 94.8 Å². The zero-order chi connectivity index (χ0) is 46.4. The Bertz CT molecular complexity index is 2170. The van der Waals surface area contributed by atoms with Crippen LogP contribution in [0.25, 0.3) is 22.5 Å². The number of aryl methyl sites for hydroxylation is 2. The molecule has 0 saturated carbocycles. The zero-order valence-corrected chi connectivity index (χ0v) is 37.6. The maximum Gasteiger partial charge on any atom is 0.255 e. The van der Waals surface area contributed by atoms with Crippen LogP contribution in [0, 0.1) is 6.92 Å². The molecule has 3 aromatic carbocycles. The van der Waals surface area contributed by atoms with Crippen LogP contribution in [0.4, 0.5) is 0 Å². The molecule has 344 valence electrons. The van der Waals surface area contributed by atoms with Gasteiger partial charge in [-0.2, -0.15) is 0 Å². The molecule has 0 saturated heterocycles. The molecule has 4 rings (SSSR count). The number of likely N-dealkylation sites (N-methyl/N-ethyl adjacent to an activating group) is 1. The van der Waals surface area contributed by atoms with Crippen LogP contribution in [0.5, 0.6) is 11.5 Å². The molecule has 2 unspecified atom stereocenters. The lowest BCUT2D eigenvalue weighted by Crippen LogP contribution is -2.51. The number of carbonyl (C=O) groups is 5. The second kappa shape index (κ2) is 26.3. The van der Waals surface area contributed by atoms with Crippen LogP contribution in [-0.2, 0) is 32.0 Å². The molecule has 17 heteroatoms. The second-order valence-electron chi connectivity index (χ2n) is 15.2. The van der Waals surface area contributed by atoms with E-state index in [1.54, 1.807) is 37.1 Å². The Morgan fingerprint density at radius 2 is 1.53 bits per heavy atom. The van der Waals surface area contributed by atoms with Crippen LogP contribution in [0.15, 0.2) is 66.9 Å². The maximum atomic E-state index is 13.6. The minimum Gasteiger partial charge on any atom is -0.492 e. The molecule has 64 heavy (non-hydrogen) atoms. The van der Waals surface area contributed by atoms with Gasteiger partial charge in [0.15, 0.2) is 5.82 Å². The van der Waals surface area contributed by atoms with Gasteiger partial charge in [-0.25, -0.2) is 9.97 Å². The van der Waals surface area contributed by atoms with Gasteiger partial charge in [-0.1, -0.05) is 63.1 Å². The lowest BCUT2D eigenvalue weighted by Gasteiger charge is -2.27. The number of aromatic nitrogens is 2. The highest BCUT2D eigenvalue weighted by Crippen LogP contribution is 2.40. The van der Waals surface area contributed by atoms with Crippen LogP contribution in [0.1, 0.15) is 78.8 Å². The molecule has 0 fully saturated rings. The van der Waals surface area contributed by atoms with Crippen LogP contribution in [0.2, 0.25) is 0 Å². The number of nitrogens with one attached hydrogen (secondary N) is 5. The van der Waals surface area contributed by atoms with Crippen LogP contribution in [-0.4, -0.2) is 111 Å². The molecule has 0 spiro atoms. The highest BCUT2D eigenvalue weighted by Gasteiger charge is 2.25. The first-order valence-electron chi connectivity index (χ1n) is 21.8. The zero-order valence-electron chi connectivity index (χ0n) is 37.6. The van der Waals surface area contributed by atoms with E-state index in [4.69, 9.17) is 20.9 Å². The molecular formula is C47H64N10O7. The molecular weight excluding hydrogens is 817 g/mol. The van der Waals surface area contributed by atoms with E-state index >= 15 is 0 Å². The van der Waals surface area contributed by atoms with Crippen LogP contribution in [0.3, 0.4) is 0 Å². The van der Waals surface area contributed by atoms with Crippen molar-refractivity contribution >= 4 is 30.0 Å². The van der Waals surface area contributed by atoms with Gasteiger partial charge < -0.3 is 52.4 Å². The topological polar surface area (TPSA) is 245 Å². The minimum absolute atomic E-state index is 0.0931. The molecule has 0 aliphatic heterocycles. The third-order valence-electron chi connectivity index (χ3n) is 10.5. The summed E-state index contributed by atoms with van der Waals surface area (Å²) in [5.74, 6) is -0.265. The van der Waals surface area contributed by atoms with Crippen LogP contribution < -0.4 is 47.5 Å². The molecule has 9 N–H and O–H groups in total. The Kier molecular flexibility index (Phi) is 20.6. The van der Waals surface area contributed by atoms with Gasteiger partial charge in [0, 0.05) is 49.4 Å². The SMILES string of the molecule is CCCCCc1ccc(-c2ncc(C(=O)NCC(=O)N(C)C(C)c3ccc(OCCN)c(-c4cc(CC(NC(=O)CNC=O)C(=O)NCNCC)ccc4OCCN)c3)c(C)n2)cc1. The fourth-order valence-electron chi connectivity index (χ4n) is 6.79. The molecule has 0 radical (unpaired) electrons. The Morgan fingerprint density at radius 1 is 0.859 bits per heavy atom. The van der Waals surface area contributed by atoms with Gasteiger partial charge in [0.1, 0.15) is 30.8 Å². The van der Waals surface area contributed by atoms with Crippen molar-refractivity contribution in [1.29, 1.82) is 0 Å². The van der Waals surface area contributed by atoms with Crippen molar-refractivity contribution in [1.82, 2.24) is 41.5 Å². The summed E-state index contributed by atoms with van der Waals surface area (Å²) in [5, 5.41) is 13.6. The number of nitrogens with two attached hydrogens (primary N) is 2. The highest BCUT2D eigenvalue weighted by atomic mass is 16.5. The lowest BCUT2D eigenvalue weighted by atomic mass is 9.94. The van der Waals surface area contributed by atoms with E-state index in [9.17, 15) is 24.0 Å². The van der Waals surface area contributed by atoms with Crippen molar-refractivity contribution in [2.45, 2.75) is 71.9 Å². The van der Waals surface area contributed by atoms with Gasteiger partial charge in [0.05, 0.1) is 37.1 Å². The maximum absolute atomic E-state index is 13.6. The molecule has 0 bridgehead atoms. The summed E-state index contributed by atoms with van der Waals surface area (Å²) in [4.78, 5) is 74.3. The summed E-state index contributed by atoms with van der Waals surface area (Å²) in [6.07, 6.45) is 6.51. The Labute approximate surface area is 375 Å². The number of hydrogen-bond acceptors (Lipinski definition) is 12. The number of unbranched alkanes of at least 4 members (excludes halogenated alkanes) is 2. The quantitative estimate of drug-likeness (QED) is 0.0260. The van der Waals surface area contributed by atoms with Crippen LogP contribution >= 0.6 is 0 Å². The van der Waals surface area contributed by atoms with Gasteiger partial charge in [0.2, 0.25) is 24.1 Å². The summed E-state index contributed by atoms with van der Waals surface area (Å²) in [5.41, 5.74) is 17.2. The van der Waals surface area contributed by atoms with Gasteiger partial charge in [-0.3, -0.25) is 24.0 Å². The number of hydrogen-bond donors (Lipinski definition) is 7. The van der Waals surface area contributed by atoms with Gasteiger partial charge in [-0.05, 0) is 74.2 Å².